The zero-order valence-corrected chi connectivity index (χ0v) is 10.6. The number of nitrogens with zero attached hydrogens (tertiary/aromatic N) is 1. The highest BCUT2D eigenvalue weighted by molar-refractivity contribution is 5.87. The molecule has 100 valence electrons. The van der Waals surface area contributed by atoms with Gasteiger partial charge in [-0.3, -0.25) is 9.59 Å². The fourth-order valence-electron chi connectivity index (χ4n) is 2.50. The van der Waals surface area contributed by atoms with E-state index in [0.29, 0.717) is 19.6 Å². The number of rotatable bonds is 3. The Morgan fingerprint density at radius 2 is 2.28 bits per heavy atom. The van der Waals surface area contributed by atoms with E-state index < -0.39 is 11.9 Å². The average molecular weight is 252 g/mol. The third-order valence-electron chi connectivity index (χ3n) is 3.54. The van der Waals surface area contributed by atoms with Crippen molar-refractivity contribution in [1.29, 1.82) is 0 Å². The number of morpholine rings is 1. The van der Waals surface area contributed by atoms with Crippen LogP contribution in [0, 0.1) is 0 Å². The first-order valence-corrected chi connectivity index (χ1v) is 6.53. The van der Waals surface area contributed by atoms with Crippen molar-refractivity contribution in [3.05, 3.63) is 11.6 Å². The normalized spacial score (nSPS) is 24.6. The van der Waals surface area contributed by atoms with E-state index in [2.05, 4.69) is 6.08 Å². The molecular formula is C13H20N2O3. The summed E-state index contributed by atoms with van der Waals surface area (Å²) in [6.07, 6.45) is 6.99. The Morgan fingerprint density at radius 3 is 2.94 bits per heavy atom. The summed E-state index contributed by atoms with van der Waals surface area (Å²) in [4.78, 5) is 25.1. The lowest BCUT2D eigenvalue weighted by Gasteiger charge is -2.34. The first kappa shape index (κ1) is 13.1. The Bertz CT molecular complexity index is 365. The van der Waals surface area contributed by atoms with Gasteiger partial charge in [-0.25, -0.2) is 0 Å². The molecule has 0 aromatic rings. The fourth-order valence-corrected chi connectivity index (χ4v) is 2.50. The molecule has 2 aliphatic rings. The second-order valence-corrected chi connectivity index (χ2v) is 4.87. The number of ether oxygens (including phenoxy) is 1. The predicted octanol–water partition coefficient (Wildman–Crippen LogP) is 0.590. The van der Waals surface area contributed by atoms with Gasteiger partial charge in [0.15, 0.2) is 0 Å². The summed E-state index contributed by atoms with van der Waals surface area (Å²) in [5.41, 5.74) is 6.50. The van der Waals surface area contributed by atoms with Crippen LogP contribution in [0.15, 0.2) is 11.6 Å². The number of primary amides is 1. The van der Waals surface area contributed by atoms with Gasteiger partial charge < -0.3 is 15.4 Å². The number of nitrogens with two attached hydrogens (primary N) is 1. The quantitative estimate of drug-likeness (QED) is 0.747. The third-order valence-corrected chi connectivity index (χ3v) is 3.54. The van der Waals surface area contributed by atoms with Gasteiger partial charge in [-0.05, 0) is 25.7 Å². The minimum atomic E-state index is -0.601. The van der Waals surface area contributed by atoms with E-state index in [0.717, 1.165) is 19.3 Å². The maximum Gasteiger partial charge on any atom is 0.242 e. The van der Waals surface area contributed by atoms with Crippen molar-refractivity contribution in [2.75, 3.05) is 19.8 Å². The first-order valence-electron chi connectivity index (χ1n) is 6.53. The van der Waals surface area contributed by atoms with E-state index in [-0.39, 0.29) is 12.5 Å². The summed E-state index contributed by atoms with van der Waals surface area (Å²) < 4.78 is 5.20. The number of carbonyl (C=O) groups is 2. The molecule has 1 atom stereocenters. The summed E-state index contributed by atoms with van der Waals surface area (Å²) in [5, 5.41) is 0. The van der Waals surface area contributed by atoms with Crippen molar-refractivity contribution in [3.63, 3.8) is 0 Å². The zero-order valence-electron chi connectivity index (χ0n) is 10.6. The predicted molar refractivity (Wildman–Crippen MR) is 66.7 cm³/mol. The summed E-state index contributed by atoms with van der Waals surface area (Å²) in [7, 11) is 0. The number of hydrogen-bond acceptors (Lipinski definition) is 3. The smallest absolute Gasteiger partial charge is 0.242 e. The molecule has 2 rings (SSSR count). The molecule has 5 heteroatoms. The van der Waals surface area contributed by atoms with Crippen molar-refractivity contribution in [2.45, 2.75) is 38.1 Å². The van der Waals surface area contributed by atoms with Gasteiger partial charge in [0.2, 0.25) is 11.8 Å². The fraction of sp³-hybridized carbons (Fsp3) is 0.692. The topological polar surface area (TPSA) is 72.6 Å². The summed E-state index contributed by atoms with van der Waals surface area (Å²) >= 11 is 0. The van der Waals surface area contributed by atoms with Gasteiger partial charge in [0, 0.05) is 13.0 Å². The Kier molecular flexibility index (Phi) is 4.36. The summed E-state index contributed by atoms with van der Waals surface area (Å²) in [6, 6.07) is -0.601. The Balaban J connectivity index is 1.97. The van der Waals surface area contributed by atoms with Crippen LogP contribution in [0.4, 0.5) is 0 Å². The standard InChI is InChI=1S/C13H20N2O3/c14-13(17)11-9-18-7-6-15(11)12(16)8-10-4-2-1-3-5-10/h4,11H,1-3,5-9H2,(H2,14,17). The molecule has 1 aliphatic heterocycles. The second-order valence-electron chi connectivity index (χ2n) is 4.87. The largest absolute Gasteiger partial charge is 0.377 e. The summed E-state index contributed by atoms with van der Waals surface area (Å²) in [5.74, 6) is -0.490. The molecule has 5 nitrogen and oxygen atoms in total. The molecule has 0 aromatic carbocycles. The van der Waals surface area contributed by atoms with Crippen LogP contribution in [0.3, 0.4) is 0 Å². The minimum Gasteiger partial charge on any atom is -0.377 e. The van der Waals surface area contributed by atoms with Gasteiger partial charge in [0.1, 0.15) is 6.04 Å². The molecule has 1 aliphatic carbocycles. The van der Waals surface area contributed by atoms with E-state index in [1.807, 2.05) is 0 Å². The molecule has 0 bridgehead atoms. The lowest BCUT2D eigenvalue weighted by molar-refractivity contribution is -0.146. The molecule has 1 saturated heterocycles. The maximum absolute atomic E-state index is 12.2. The van der Waals surface area contributed by atoms with E-state index in [4.69, 9.17) is 10.5 Å². The third kappa shape index (κ3) is 3.10. The van der Waals surface area contributed by atoms with Gasteiger partial charge >= 0.3 is 0 Å². The van der Waals surface area contributed by atoms with Crippen molar-refractivity contribution in [1.82, 2.24) is 4.90 Å². The number of allylic oxidation sites excluding steroid dienone is 1. The van der Waals surface area contributed by atoms with Crippen LogP contribution in [0.2, 0.25) is 0 Å². The van der Waals surface area contributed by atoms with Crippen LogP contribution < -0.4 is 5.73 Å². The first-order chi connectivity index (χ1) is 8.68. The zero-order chi connectivity index (χ0) is 13.0. The molecule has 1 heterocycles. The molecule has 1 unspecified atom stereocenters. The van der Waals surface area contributed by atoms with Gasteiger partial charge in [0.05, 0.1) is 13.2 Å². The van der Waals surface area contributed by atoms with Gasteiger partial charge in [0.25, 0.3) is 0 Å². The van der Waals surface area contributed by atoms with Crippen molar-refractivity contribution < 1.29 is 14.3 Å². The Morgan fingerprint density at radius 1 is 1.44 bits per heavy atom. The van der Waals surface area contributed by atoms with Crippen LogP contribution in [0.1, 0.15) is 32.1 Å². The molecule has 0 aromatic heterocycles. The van der Waals surface area contributed by atoms with Gasteiger partial charge in [-0.1, -0.05) is 11.6 Å². The highest BCUT2D eigenvalue weighted by Gasteiger charge is 2.31. The van der Waals surface area contributed by atoms with Crippen LogP contribution in [-0.2, 0) is 14.3 Å². The van der Waals surface area contributed by atoms with Crippen molar-refractivity contribution in [2.24, 2.45) is 5.73 Å². The SMILES string of the molecule is NC(=O)C1COCCN1C(=O)CC1=CCCCC1. The van der Waals surface area contributed by atoms with E-state index >= 15 is 0 Å². The highest BCUT2D eigenvalue weighted by atomic mass is 16.5. The highest BCUT2D eigenvalue weighted by Crippen LogP contribution is 2.21. The molecule has 2 N–H and O–H groups in total. The van der Waals surface area contributed by atoms with Crippen LogP contribution in [0.25, 0.3) is 0 Å². The molecule has 18 heavy (non-hydrogen) atoms. The van der Waals surface area contributed by atoms with Crippen LogP contribution in [-0.4, -0.2) is 42.5 Å². The molecule has 0 saturated carbocycles. The molecule has 1 fully saturated rings. The number of carbonyl (C=O) groups excluding carboxylic acids is 2. The van der Waals surface area contributed by atoms with Crippen molar-refractivity contribution >= 4 is 11.8 Å². The number of hydrogen-bond donors (Lipinski definition) is 1. The molecule has 0 spiro atoms. The summed E-state index contributed by atoms with van der Waals surface area (Å²) in [6.45, 7) is 1.16. The van der Waals surface area contributed by atoms with E-state index in [9.17, 15) is 9.59 Å². The molecule has 2 amide bonds. The van der Waals surface area contributed by atoms with Gasteiger partial charge in [-0.2, -0.15) is 0 Å². The van der Waals surface area contributed by atoms with Crippen molar-refractivity contribution in [3.8, 4) is 0 Å². The van der Waals surface area contributed by atoms with E-state index in [1.165, 1.54) is 12.0 Å². The number of amides is 2. The maximum atomic E-state index is 12.2. The molecular weight excluding hydrogens is 232 g/mol. The Hall–Kier alpha value is -1.36. The lowest BCUT2D eigenvalue weighted by atomic mass is 9.96. The molecule has 0 radical (unpaired) electrons. The van der Waals surface area contributed by atoms with E-state index in [1.54, 1.807) is 4.90 Å². The second kappa shape index (κ2) is 6.00. The Labute approximate surface area is 107 Å². The minimum absolute atomic E-state index is 0.00440. The van der Waals surface area contributed by atoms with Gasteiger partial charge in [-0.15, -0.1) is 0 Å². The average Bonchev–Trinajstić information content (AvgIpc) is 2.40. The van der Waals surface area contributed by atoms with Crippen LogP contribution in [0.5, 0.6) is 0 Å². The van der Waals surface area contributed by atoms with Crippen LogP contribution >= 0.6 is 0 Å². The lowest BCUT2D eigenvalue weighted by Crippen LogP contribution is -2.54. The monoisotopic (exact) mass is 252 g/mol.